The Bertz CT molecular complexity index is 392. The van der Waals surface area contributed by atoms with Gasteiger partial charge in [-0.1, -0.05) is 24.3 Å². The van der Waals surface area contributed by atoms with Gasteiger partial charge in [-0.2, -0.15) is 0 Å². The van der Waals surface area contributed by atoms with Crippen LogP contribution < -0.4 is 16.0 Å². The van der Waals surface area contributed by atoms with E-state index in [1.165, 1.54) is 11.1 Å². The molecule has 17 heavy (non-hydrogen) atoms. The fourth-order valence-corrected chi connectivity index (χ4v) is 2.18. The molecule has 0 aliphatic carbocycles. The van der Waals surface area contributed by atoms with Gasteiger partial charge in [-0.15, -0.1) is 0 Å². The van der Waals surface area contributed by atoms with Crippen LogP contribution in [0.2, 0.25) is 0 Å². The number of likely N-dealkylation sites (N-methyl/N-ethyl adjacent to an activating group) is 1. The van der Waals surface area contributed by atoms with Gasteiger partial charge in [0.25, 0.3) is 0 Å². The summed E-state index contributed by atoms with van der Waals surface area (Å²) in [6, 6.07) is 8.66. The molecule has 92 valence electrons. The molecule has 0 fully saturated rings. The van der Waals surface area contributed by atoms with E-state index in [0.29, 0.717) is 6.54 Å². The van der Waals surface area contributed by atoms with E-state index < -0.39 is 0 Å². The van der Waals surface area contributed by atoms with E-state index in [-0.39, 0.29) is 11.9 Å². The average Bonchev–Trinajstić information content (AvgIpc) is 2.58. The second-order valence-corrected chi connectivity index (χ2v) is 4.27. The molecule has 0 saturated heterocycles. The third-order valence-electron chi connectivity index (χ3n) is 3.14. The number of rotatable bonds is 3. The summed E-state index contributed by atoms with van der Waals surface area (Å²) in [5, 5.41) is 9.34. The summed E-state index contributed by atoms with van der Waals surface area (Å²) < 4.78 is 0. The predicted molar refractivity (Wildman–Crippen MR) is 67.6 cm³/mol. The minimum absolute atomic E-state index is 0.0275. The van der Waals surface area contributed by atoms with E-state index in [1.807, 2.05) is 0 Å². The first kappa shape index (κ1) is 12.1. The Balaban J connectivity index is 2.09. The normalized spacial score (nSPS) is 19.2. The molecule has 0 radical (unpaired) electrons. The van der Waals surface area contributed by atoms with Gasteiger partial charge in [0.2, 0.25) is 5.91 Å². The van der Waals surface area contributed by atoms with Crippen LogP contribution in [-0.4, -0.2) is 26.0 Å². The Morgan fingerprint density at radius 1 is 1.47 bits per heavy atom. The second kappa shape index (κ2) is 5.80. The molecular weight excluding hydrogens is 214 g/mol. The van der Waals surface area contributed by atoms with Crippen LogP contribution in [0.5, 0.6) is 0 Å². The van der Waals surface area contributed by atoms with Gasteiger partial charge in [0.05, 0.1) is 6.54 Å². The molecule has 0 aromatic heterocycles. The van der Waals surface area contributed by atoms with Crippen LogP contribution in [0.15, 0.2) is 24.3 Å². The Labute approximate surface area is 102 Å². The highest BCUT2D eigenvalue weighted by Gasteiger charge is 2.17. The lowest BCUT2D eigenvalue weighted by Crippen LogP contribution is -2.34. The highest BCUT2D eigenvalue weighted by Crippen LogP contribution is 2.22. The largest absolute Gasteiger partial charge is 0.358 e. The molecule has 1 atom stereocenters. The Morgan fingerprint density at radius 3 is 3.12 bits per heavy atom. The van der Waals surface area contributed by atoms with Crippen molar-refractivity contribution in [2.24, 2.45) is 0 Å². The Morgan fingerprint density at radius 2 is 2.29 bits per heavy atom. The molecule has 3 N–H and O–H groups in total. The van der Waals surface area contributed by atoms with Gasteiger partial charge < -0.3 is 16.0 Å². The maximum atomic E-state index is 11.3. The molecule has 1 unspecified atom stereocenters. The van der Waals surface area contributed by atoms with Crippen LogP contribution in [0.1, 0.15) is 23.6 Å². The molecule has 1 aliphatic heterocycles. The van der Waals surface area contributed by atoms with Crippen molar-refractivity contribution in [2.45, 2.75) is 19.0 Å². The Kier molecular flexibility index (Phi) is 4.12. The van der Waals surface area contributed by atoms with Crippen LogP contribution in [0.25, 0.3) is 0 Å². The first-order chi connectivity index (χ1) is 8.31. The molecule has 4 heteroatoms. The van der Waals surface area contributed by atoms with Crippen molar-refractivity contribution in [3.05, 3.63) is 35.4 Å². The number of nitrogens with one attached hydrogen (secondary N) is 3. The van der Waals surface area contributed by atoms with Crippen molar-refractivity contribution in [1.29, 1.82) is 0 Å². The van der Waals surface area contributed by atoms with Crippen LogP contribution >= 0.6 is 0 Å². The van der Waals surface area contributed by atoms with Crippen LogP contribution in [0, 0.1) is 0 Å². The average molecular weight is 233 g/mol. The lowest BCUT2D eigenvalue weighted by atomic mass is 9.99. The fourth-order valence-electron chi connectivity index (χ4n) is 2.18. The standard InChI is InChI=1S/C13H19N3O/c1-14-13(17)9-16-12-6-7-15-8-10-4-2-3-5-11(10)12/h2-5,12,15-16H,6-9H2,1H3,(H,14,17). The number of hydrogen-bond acceptors (Lipinski definition) is 3. The van der Waals surface area contributed by atoms with E-state index in [2.05, 4.69) is 40.2 Å². The number of amides is 1. The number of fused-ring (bicyclic) bond motifs is 1. The summed E-state index contributed by atoms with van der Waals surface area (Å²) in [5.41, 5.74) is 2.63. The molecule has 1 heterocycles. The Hall–Kier alpha value is -1.39. The van der Waals surface area contributed by atoms with E-state index in [4.69, 9.17) is 0 Å². The van der Waals surface area contributed by atoms with Gasteiger partial charge >= 0.3 is 0 Å². The summed E-state index contributed by atoms with van der Waals surface area (Å²) in [5.74, 6) is 0.0275. The quantitative estimate of drug-likeness (QED) is 0.715. The lowest BCUT2D eigenvalue weighted by molar-refractivity contribution is -0.119. The zero-order valence-electron chi connectivity index (χ0n) is 10.1. The third-order valence-corrected chi connectivity index (χ3v) is 3.14. The summed E-state index contributed by atoms with van der Waals surface area (Å²) in [7, 11) is 1.66. The van der Waals surface area contributed by atoms with Crippen LogP contribution in [0.4, 0.5) is 0 Å². The molecular formula is C13H19N3O. The number of hydrogen-bond donors (Lipinski definition) is 3. The monoisotopic (exact) mass is 233 g/mol. The first-order valence-corrected chi connectivity index (χ1v) is 6.03. The van der Waals surface area contributed by atoms with Gasteiger partial charge in [0, 0.05) is 19.6 Å². The fraction of sp³-hybridized carbons (Fsp3) is 0.462. The van der Waals surface area contributed by atoms with Crippen LogP contribution in [0.3, 0.4) is 0 Å². The van der Waals surface area contributed by atoms with Crippen molar-refractivity contribution < 1.29 is 4.79 Å². The highest BCUT2D eigenvalue weighted by molar-refractivity contribution is 5.77. The molecule has 0 saturated carbocycles. The van der Waals surface area contributed by atoms with E-state index >= 15 is 0 Å². The SMILES string of the molecule is CNC(=O)CNC1CCNCc2ccccc21. The van der Waals surface area contributed by atoms with Crippen molar-refractivity contribution in [2.75, 3.05) is 20.1 Å². The van der Waals surface area contributed by atoms with Crippen LogP contribution in [-0.2, 0) is 11.3 Å². The third kappa shape index (κ3) is 3.05. The van der Waals surface area contributed by atoms with Gasteiger partial charge in [-0.3, -0.25) is 4.79 Å². The predicted octanol–water partition coefficient (Wildman–Crippen LogP) is 0.557. The van der Waals surface area contributed by atoms with Crippen molar-refractivity contribution in [1.82, 2.24) is 16.0 Å². The van der Waals surface area contributed by atoms with Gasteiger partial charge in [-0.05, 0) is 24.1 Å². The molecule has 4 nitrogen and oxygen atoms in total. The number of carbonyl (C=O) groups is 1. The van der Waals surface area contributed by atoms with Crippen molar-refractivity contribution in [3.63, 3.8) is 0 Å². The van der Waals surface area contributed by atoms with Crippen molar-refractivity contribution >= 4 is 5.91 Å². The molecule has 0 spiro atoms. The first-order valence-electron chi connectivity index (χ1n) is 6.03. The topological polar surface area (TPSA) is 53.2 Å². The molecule has 1 amide bonds. The summed E-state index contributed by atoms with van der Waals surface area (Å²) in [4.78, 5) is 11.3. The summed E-state index contributed by atoms with van der Waals surface area (Å²) in [6.45, 7) is 2.25. The van der Waals surface area contributed by atoms with E-state index in [9.17, 15) is 4.79 Å². The van der Waals surface area contributed by atoms with Gasteiger partial charge in [0.1, 0.15) is 0 Å². The molecule has 0 bridgehead atoms. The maximum absolute atomic E-state index is 11.3. The smallest absolute Gasteiger partial charge is 0.233 e. The zero-order valence-corrected chi connectivity index (χ0v) is 10.1. The molecule has 1 aliphatic rings. The summed E-state index contributed by atoms with van der Waals surface area (Å²) >= 11 is 0. The van der Waals surface area contributed by atoms with Gasteiger partial charge in [-0.25, -0.2) is 0 Å². The van der Waals surface area contributed by atoms with E-state index in [0.717, 1.165) is 19.5 Å². The van der Waals surface area contributed by atoms with Gasteiger partial charge in [0.15, 0.2) is 0 Å². The second-order valence-electron chi connectivity index (χ2n) is 4.27. The van der Waals surface area contributed by atoms with E-state index in [1.54, 1.807) is 7.05 Å². The minimum atomic E-state index is 0.0275. The molecule has 2 rings (SSSR count). The highest BCUT2D eigenvalue weighted by atomic mass is 16.1. The molecule has 1 aromatic carbocycles. The number of carbonyl (C=O) groups excluding carboxylic acids is 1. The maximum Gasteiger partial charge on any atom is 0.233 e. The van der Waals surface area contributed by atoms with Crippen molar-refractivity contribution in [3.8, 4) is 0 Å². The lowest BCUT2D eigenvalue weighted by Gasteiger charge is -2.18. The summed E-state index contributed by atoms with van der Waals surface area (Å²) in [6.07, 6.45) is 1.01. The molecule has 1 aromatic rings. The number of benzene rings is 1. The zero-order chi connectivity index (χ0) is 12.1. The minimum Gasteiger partial charge on any atom is -0.358 e.